The lowest BCUT2D eigenvalue weighted by atomic mass is 9.96. The Bertz CT molecular complexity index is 1000. The standard InChI is InChI=1S/C22H22Cl2N2O4/c1-12(15-11-16(15)19-17(23)9-6-10-18(19)24)21(30-25)14-8-5-4-7-13(14)20(26-29-3)22(27)28-2/h4-10,15-16H,11,25H2,1-3H3. The number of carbonyl (C=O) groups is 1. The summed E-state index contributed by atoms with van der Waals surface area (Å²) in [6, 6.07) is 12.6. The molecule has 6 nitrogen and oxygen atoms in total. The monoisotopic (exact) mass is 448 g/mol. The summed E-state index contributed by atoms with van der Waals surface area (Å²) in [5.41, 5.74) is 2.95. The average molecular weight is 449 g/mol. The predicted octanol–water partition coefficient (Wildman–Crippen LogP) is 4.94. The first-order valence-corrected chi connectivity index (χ1v) is 10.0. The summed E-state index contributed by atoms with van der Waals surface area (Å²) in [7, 11) is 2.63. The second-order valence-corrected chi connectivity index (χ2v) is 7.69. The molecule has 0 spiro atoms. The van der Waals surface area contributed by atoms with Crippen molar-refractivity contribution in [3.05, 3.63) is 74.8 Å². The zero-order valence-electron chi connectivity index (χ0n) is 16.8. The van der Waals surface area contributed by atoms with E-state index >= 15 is 0 Å². The Balaban J connectivity index is 2.04. The fraction of sp³-hybridized carbons (Fsp3) is 0.273. The highest BCUT2D eigenvalue weighted by Gasteiger charge is 2.43. The van der Waals surface area contributed by atoms with Gasteiger partial charge >= 0.3 is 5.97 Å². The van der Waals surface area contributed by atoms with Crippen LogP contribution in [0.15, 0.2) is 53.2 Å². The molecule has 0 amide bonds. The van der Waals surface area contributed by atoms with Crippen LogP contribution in [0.1, 0.15) is 36.0 Å². The van der Waals surface area contributed by atoms with Crippen LogP contribution in [0.4, 0.5) is 0 Å². The topological polar surface area (TPSA) is 83.1 Å². The van der Waals surface area contributed by atoms with E-state index in [1.165, 1.54) is 14.2 Å². The summed E-state index contributed by atoms with van der Waals surface area (Å²) in [6.07, 6.45) is 0.861. The molecule has 2 aromatic carbocycles. The van der Waals surface area contributed by atoms with Gasteiger partial charge in [0, 0.05) is 21.2 Å². The minimum atomic E-state index is -0.634. The molecule has 1 aliphatic rings. The third-order valence-corrected chi connectivity index (χ3v) is 5.84. The summed E-state index contributed by atoms with van der Waals surface area (Å²) in [6.45, 7) is 1.94. The summed E-state index contributed by atoms with van der Waals surface area (Å²) in [4.78, 5) is 22.4. The van der Waals surface area contributed by atoms with Gasteiger partial charge in [-0.05, 0) is 48.4 Å². The summed E-state index contributed by atoms with van der Waals surface area (Å²) >= 11 is 12.8. The van der Waals surface area contributed by atoms with Crippen molar-refractivity contribution in [2.24, 2.45) is 17.0 Å². The molecule has 1 aliphatic carbocycles. The van der Waals surface area contributed by atoms with Crippen molar-refractivity contribution < 1.29 is 19.2 Å². The van der Waals surface area contributed by atoms with Crippen LogP contribution < -0.4 is 5.90 Å². The largest absolute Gasteiger partial charge is 0.464 e. The van der Waals surface area contributed by atoms with Gasteiger partial charge in [-0.1, -0.05) is 58.7 Å². The van der Waals surface area contributed by atoms with Gasteiger partial charge in [-0.25, -0.2) is 4.79 Å². The molecule has 0 aromatic heterocycles. The number of esters is 1. The number of oxime groups is 1. The Morgan fingerprint density at radius 2 is 1.70 bits per heavy atom. The third-order valence-electron chi connectivity index (χ3n) is 5.18. The molecule has 0 aliphatic heterocycles. The lowest BCUT2D eigenvalue weighted by Gasteiger charge is -2.15. The second-order valence-electron chi connectivity index (χ2n) is 6.87. The quantitative estimate of drug-likeness (QED) is 0.280. The third kappa shape index (κ3) is 4.31. The van der Waals surface area contributed by atoms with Crippen LogP contribution in [0.3, 0.4) is 0 Å². The number of hydrogen-bond acceptors (Lipinski definition) is 6. The molecule has 0 radical (unpaired) electrons. The number of nitrogens with zero attached hydrogens (tertiary/aromatic N) is 1. The van der Waals surface area contributed by atoms with E-state index in [0.29, 0.717) is 26.9 Å². The fourth-order valence-corrected chi connectivity index (χ4v) is 4.34. The van der Waals surface area contributed by atoms with Gasteiger partial charge in [0.1, 0.15) is 7.11 Å². The van der Waals surface area contributed by atoms with Gasteiger partial charge in [-0.3, -0.25) is 0 Å². The number of carbonyl (C=O) groups excluding carboxylic acids is 1. The molecule has 1 fully saturated rings. The molecule has 2 atom stereocenters. The maximum absolute atomic E-state index is 12.2. The van der Waals surface area contributed by atoms with E-state index in [-0.39, 0.29) is 17.5 Å². The Morgan fingerprint density at radius 3 is 2.27 bits per heavy atom. The number of allylic oxidation sites excluding steroid dienone is 1. The molecule has 2 unspecified atom stereocenters. The van der Waals surface area contributed by atoms with Gasteiger partial charge < -0.3 is 14.4 Å². The molecule has 0 bridgehead atoms. The lowest BCUT2D eigenvalue weighted by Crippen LogP contribution is -2.20. The van der Waals surface area contributed by atoms with E-state index in [0.717, 1.165) is 17.6 Å². The highest BCUT2D eigenvalue weighted by Crippen LogP contribution is 2.56. The molecule has 0 saturated heterocycles. The first-order valence-electron chi connectivity index (χ1n) is 9.25. The van der Waals surface area contributed by atoms with Crippen LogP contribution in [0.2, 0.25) is 10.0 Å². The van der Waals surface area contributed by atoms with Crippen molar-refractivity contribution >= 4 is 40.6 Å². The Morgan fingerprint density at radius 1 is 1.07 bits per heavy atom. The minimum absolute atomic E-state index is 0.0134. The van der Waals surface area contributed by atoms with E-state index in [9.17, 15) is 4.79 Å². The lowest BCUT2D eigenvalue weighted by molar-refractivity contribution is -0.132. The van der Waals surface area contributed by atoms with Crippen LogP contribution in [0, 0.1) is 5.92 Å². The number of rotatable bonds is 7. The molecule has 0 heterocycles. The summed E-state index contributed by atoms with van der Waals surface area (Å²) in [5, 5.41) is 5.11. The number of methoxy groups -OCH3 is 1. The van der Waals surface area contributed by atoms with Crippen LogP contribution in [0.25, 0.3) is 5.76 Å². The van der Waals surface area contributed by atoms with Crippen molar-refractivity contribution in [2.45, 2.75) is 19.3 Å². The predicted molar refractivity (Wildman–Crippen MR) is 117 cm³/mol. The van der Waals surface area contributed by atoms with Crippen molar-refractivity contribution in [1.82, 2.24) is 0 Å². The van der Waals surface area contributed by atoms with Gasteiger partial charge in [0.2, 0.25) is 0 Å². The smallest absolute Gasteiger partial charge is 0.360 e. The fourth-order valence-electron chi connectivity index (χ4n) is 3.67. The van der Waals surface area contributed by atoms with E-state index in [4.69, 9.17) is 43.5 Å². The van der Waals surface area contributed by atoms with E-state index in [2.05, 4.69) is 5.16 Å². The number of hydrogen-bond donors (Lipinski definition) is 1. The van der Waals surface area contributed by atoms with Crippen LogP contribution in [-0.4, -0.2) is 25.9 Å². The number of ether oxygens (including phenoxy) is 1. The maximum atomic E-state index is 12.2. The maximum Gasteiger partial charge on any atom is 0.360 e. The van der Waals surface area contributed by atoms with Gasteiger partial charge in [0.25, 0.3) is 0 Å². The first-order chi connectivity index (χ1) is 14.4. The molecule has 2 N–H and O–H groups in total. The highest BCUT2D eigenvalue weighted by atomic mass is 35.5. The number of nitrogens with two attached hydrogens (primary N) is 1. The molecule has 8 heteroatoms. The van der Waals surface area contributed by atoms with Gasteiger partial charge in [-0.15, -0.1) is 0 Å². The molecule has 158 valence electrons. The highest BCUT2D eigenvalue weighted by molar-refractivity contribution is 6.43. The second kappa shape index (κ2) is 9.51. The van der Waals surface area contributed by atoms with Gasteiger partial charge in [-0.2, -0.15) is 5.90 Å². The van der Waals surface area contributed by atoms with Crippen molar-refractivity contribution in [3.63, 3.8) is 0 Å². The summed E-state index contributed by atoms with van der Waals surface area (Å²) < 4.78 is 4.84. The van der Waals surface area contributed by atoms with Crippen LogP contribution >= 0.6 is 23.2 Å². The van der Waals surface area contributed by atoms with E-state index < -0.39 is 5.97 Å². The van der Waals surface area contributed by atoms with E-state index in [1.54, 1.807) is 18.2 Å². The summed E-state index contributed by atoms with van der Waals surface area (Å²) in [5.74, 6) is 5.80. The van der Waals surface area contributed by atoms with E-state index in [1.807, 2.05) is 31.2 Å². The number of halogens is 2. The Hall–Kier alpha value is -2.54. The SMILES string of the molecule is CON=C(C(=O)OC)c1ccccc1C(ON)=C(C)C1CC1c1c(Cl)cccc1Cl. The van der Waals surface area contributed by atoms with Crippen LogP contribution in [-0.2, 0) is 19.2 Å². The van der Waals surface area contributed by atoms with Crippen molar-refractivity contribution in [1.29, 1.82) is 0 Å². The molecule has 1 saturated carbocycles. The Kier molecular flexibility index (Phi) is 7.02. The minimum Gasteiger partial charge on any atom is -0.464 e. The zero-order valence-corrected chi connectivity index (χ0v) is 18.3. The molecular weight excluding hydrogens is 427 g/mol. The molecule has 3 rings (SSSR count). The zero-order chi connectivity index (χ0) is 21.8. The number of benzene rings is 2. The average Bonchev–Trinajstić information content (AvgIpc) is 3.53. The molecular formula is C22H22Cl2N2O4. The van der Waals surface area contributed by atoms with Crippen molar-refractivity contribution in [2.75, 3.05) is 14.2 Å². The normalized spacial score (nSPS) is 19.1. The first kappa shape index (κ1) is 22.2. The molecule has 30 heavy (non-hydrogen) atoms. The molecule has 2 aromatic rings. The Labute approximate surface area is 185 Å². The van der Waals surface area contributed by atoms with Gasteiger partial charge in [0.15, 0.2) is 11.5 Å². The van der Waals surface area contributed by atoms with Gasteiger partial charge in [0.05, 0.1) is 7.11 Å². The van der Waals surface area contributed by atoms with Crippen LogP contribution in [0.5, 0.6) is 0 Å². The van der Waals surface area contributed by atoms with Crippen molar-refractivity contribution in [3.8, 4) is 0 Å².